The third-order valence-corrected chi connectivity index (χ3v) is 2.97. The molecule has 0 bridgehead atoms. The summed E-state index contributed by atoms with van der Waals surface area (Å²) in [5.41, 5.74) is 0.112. The third-order valence-electron chi connectivity index (χ3n) is 2.69. The number of rotatable bonds is 4. The van der Waals surface area contributed by atoms with Gasteiger partial charge in [0.25, 0.3) is 5.69 Å². The van der Waals surface area contributed by atoms with Crippen LogP contribution >= 0.6 is 11.6 Å². The number of methoxy groups -OCH3 is 1. The van der Waals surface area contributed by atoms with Crippen LogP contribution in [0, 0.1) is 10.1 Å². The summed E-state index contributed by atoms with van der Waals surface area (Å²) in [6.45, 7) is 0. The highest BCUT2D eigenvalue weighted by Gasteiger charge is 2.21. The first-order chi connectivity index (χ1) is 10.5. The van der Waals surface area contributed by atoms with E-state index in [2.05, 4.69) is 15.0 Å². The van der Waals surface area contributed by atoms with Crippen molar-refractivity contribution in [3.8, 4) is 0 Å². The maximum Gasteiger partial charge on any atom is 0.340 e. The number of benzene rings is 2. The van der Waals surface area contributed by atoms with E-state index < -0.39 is 10.9 Å². The molecule has 0 radical (unpaired) electrons. The van der Waals surface area contributed by atoms with Gasteiger partial charge in [-0.3, -0.25) is 10.1 Å². The molecule has 2 rings (SSSR count). The quantitative estimate of drug-likeness (QED) is 0.360. The van der Waals surface area contributed by atoms with Crippen LogP contribution < -0.4 is 0 Å². The number of hydrogen-bond acceptors (Lipinski definition) is 6. The van der Waals surface area contributed by atoms with Crippen LogP contribution in [-0.2, 0) is 4.74 Å². The zero-order valence-electron chi connectivity index (χ0n) is 11.4. The number of hydrogen-bond donors (Lipinski definition) is 0. The first kappa shape index (κ1) is 15.6. The molecule has 0 heterocycles. The van der Waals surface area contributed by atoms with Gasteiger partial charge in [0.05, 0.1) is 28.3 Å². The van der Waals surface area contributed by atoms with Crippen LogP contribution in [0.25, 0.3) is 0 Å². The van der Waals surface area contributed by atoms with Crippen LogP contribution in [0.1, 0.15) is 10.4 Å². The smallest absolute Gasteiger partial charge is 0.340 e. The normalized spacial score (nSPS) is 10.6. The van der Waals surface area contributed by atoms with Gasteiger partial charge in [0.1, 0.15) is 5.69 Å². The SMILES string of the molecule is COC(=O)c1cc([N+](=O)[O-])cc(Cl)c1N=Nc1ccccc1. The lowest BCUT2D eigenvalue weighted by atomic mass is 10.1. The van der Waals surface area contributed by atoms with Gasteiger partial charge >= 0.3 is 5.97 Å². The highest BCUT2D eigenvalue weighted by molar-refractivity contribution is 6.34. The van der Waals surface area contributed by atoms with Crippen LogP contribution in [-0.4, -0.2) is 18.0 Å². The van der Waals surface area contributed by atoms with Crippen molar-refractivity contribution >= 4 is 34.6 Å². The summed E-state index contributed by atoms with van der Waals surface area (Å²) >= 11 is 5.98. The summed E-state index contributed by atoms with van der Waals surface area (Å²) in [6, 6.07) is 10.9. The van der Waals surface area contributed by atoms with Crippen molar-refractivity contribution < 1.29 is 14.5 Å². The number of esters is 1. The Hall–Kier alpha value is -2.80. The third kappa shape index (κ3) is 3.44. The van der Waals surface area contributed by atoms with Crippen molar-refractivity contribution in [2.45, 2.75) is 0 Å². The van der Waals surface area contributed by atoms with Crippen LogP contribution in [0.5, 0.6) is 0 Å². The summed E-state index contributed by atoms with van der Waals surface area (Å²) in [6.07, 6.45) is 0. The molecule has 22 heavy (non-hydrogen) atoms. The molecule has 112 valence electrons. The second-order valence-corrected chi connectivity index (χ2v) is 4.52. The highest BCUT2D eigenvalue weighted by atomic mass is 35.5. The zero-order valence-corrected chi connectivity index (χ0v) is 12.1. The molecule has 0 atom stereocenters. The monoisotopic (exact) mass is 319 g/mol. The van der Waals surface area contributed by atoms with Gasteiger partial charge in [0.2, 0.25) is 0 Å². The first-order valence-electron chi connectivity index (χ1n) is 6.06. The molecule has 0 aliphatic rings. The summed E-state index contributed by atoms with van der Waals surface area (Å²) in [5.74, 6) is -0.785. The Kier molecular flexibility index (Phi) is 4.80. The molecule has 0 saturated heterocycles. The topological polar surface area (TPSA) is 94.2 Å². The van der Waals surface area contributed by atoms with Gasteiger partial charge in [-0.05, 0) is 12.1 Å². The van der Waals surface area contributed by atoms with Gasteiger partial charge in [-0.15, -0.1) is 5.11 Å². The molecule has 7 nitrogen and oxygen atoms in total. The Labute approximate surface area is 130 Å². The zero-order chi connectivity index (χ0) is 16.1. The van der Waals surface area contributed by atoms with E-state index >= 15 is 0 Å². The number of carbonyl (C=O) groups is 1. The molecule has 0 N–H and O–H groups in total. The molecule has 0 aliphatic heterocycles. The number of non-ortho nitro benzene ring substituents is 1. The number of nitro benzene ring substituents is 1. The summed E-state index contributed by atoms with van der Waals surface area (Å²) in [5, 5.41) is 18.7. The average molecular weight is 320 g/mol. The largest absolute Gasteiger partial charge is 0.465 e. The minimum absolute atomic E-state index is 0.0166. The summed E-state index contributed by atoms with van der Waals surface area (Å²) in [4.78, 5) is 22.0. The Morgan fingerprint density at radius 2 is 1.91 bits per heavy atom. The van der Waals surface area contributed by atoms with Gasteiger partial charge in [0, 0.05) is 12.1 Å². The molecule has 0 fully saturated rings. The Morgan fingerprint density at radius 1 is 1.23 bits per heavy atom. The summed E-state index contributed by atoms with van der Waals surface area (Å²) < 4.78 is 4.60. The minimum Gasteiger partial charge on any atom is -0.465 e. The van der Waals surface area contributed by atoms with Gasteiger partial charge in [-0.25, -0.2) is 4.79 Å². The fraction of sp³-hybridized carbons (Fsp3) is 0.0714. The fourth-order valence-electron chi connectivity index (χ4n) is 1.66. The molecule has 0 spiro atoms. The molecule has 2 aromatic rings. The average Bonchev–Trinajstić information content (AvgIpc) is 2.53. The number of nitrogens with zero attached hydrogens (tertiary/aromatic N) is 3. The predicted octanol–water partition coefficient (Wildman–Crippen LogP) is 4.45. The lowest BCUT2D eigenvalue weighted by Gasteiger charge is -2.05. The van der Waals surface area contributed by atoms with E-state index in [4.69, 9.17) is 11.6 Å². The lowest BCUT2D eigenvalue weighted by molar-refractivity contribution is -0.384. The Balaban J connectivity index is 2.52. The van der Waals surface area contributed by atoms with Gasteiger partial charge in [0.15, 0.2) is 0 Å². The van der Waals surface area contributed by atoms with Crippen LogP contribution in [0.4, 0.5) is 17.1 Å². The molecule has 0 unspecified atom stereocenters. The maximum atomic E-state index is 11.8. The van der Waals surface area contributed by atoms with E-state index in [1.165, 1.54) is 0 Å². The molecule has 0 amide bonds. The molecule has 0 saturated carbocycles. The Bertz CT molecular complexity index is 747. The number of halogens is 1. The first-order valence-corrected chi connectivity index (χ1v) is 6.43. The van der Waals surface area contributed by atoms with Crippen molar-refractivity contribution in [3.05, 3.63) is 63.2 Å². The molecule has 0 aliphatic carbocycles. The van der Waals surface area contributed by atoms with Crippen LogP contribution in [0.3, 0.4) is 0 Å². The molecule has 8 heteroatoms. The van der Waals surface area contributed by atoms with E-state index in [0.29, 0.717) is 5.69 Å². The van der Waals surface area contributed by atoms with Crippen molar-refractivity contribution in [2.24, 2.45) is 10.2 Å². The fourth-order valence-corrected chi connectivity index (χ4v) is 1.91. The van der Waals surface area contributed by atoms with Crippen molar-refractivity contribution in [2.75, 3.05) is 7.11 Å². The van der Waals surface area contributed by atoms with Crippen LogP contribution in [0.2, 0.25) is 5.02 Å². The maximum absolute atomic E-state index is 11.8. The van der Waals surface area contributed by atoms with E-state index in [0.717, 1.165) is 19.2 Å². The van der Waals surface area contributed by atoms with Crippen molar-refractivity contribution in [1.82, 2.24) is 0 Å². The molecular weight excluding hydrogens is 310 g/mol. The van der Waals surface area contributed by atoms with Crippen molar-refractivity contribution in [3.63, 3.8) is 0 Å². The van der Waals surface area contributed by atoms with E-state index in [9.17, 15) is 14.9 Å². The molecular formula is C14H10ClN3O4. The van der Waals surface area contributed by atoms with Gasteiger partial charge < -0.3 is 4.74 Å². The second-order valence-electron chi connectivity index (χ2n) is 4.11. The van der Waals surface area contributed by atoms with E-state index in [1.807, 2.05) is 6.07 Å². The highest BCUT2D eigenvalue weighted by Crippen LogP contribution is 2.35. The molecule has 2 aromatic carbocycles. The van der Waals surface area contributed by atoms with Crippen molar-refractivity contribution in [1.29, 1.82) is 0 Å². The van der Waals surface area contributed by atoms with Gasteiger partial charge in [-0.1, -0.05) is 29.8 Å². The van der Waals surface area contributed by atoms with Crippen LogP contribution in [0.15, 0.2) is 52.7 Å². The standard InChI is InChI=1S/C14H10ClN3O4/c1-22-14(19)11-7-10(18(20)21)8-12(15)13(11)17-16-9-5-3-2-4-6-9/h2-8H,1H3. The number of nitro groups is 1. The minimum atomic E-state index is -0.785. The lowest BCUT2D eigenvalue weighted by Crippen LogP contribution is -2.03. The number of azo groups is 1. The number of ether oxygens (including phenoxy) is 1. The molecule has 0 aromatic heterocycles. The summed E-state index contributed by atoms with van der Waals surface area (Å²) in [7, 11) is 1.16. The van der Waals surface area contributed by atoms with E-state index in [-0.39, 0.29) is 22.0 Å². The predicted molar refractivity (Wildman–Crippen MR) is 80.1 cm³/mol. The Morgan fingerprint density at radius 3 is 2.50 bits per heavy atom. The number of carbonyl (C=O) groups excluding carboxylic acids is 1. The van der Waals surface area contributed by atoms with Gasteiger partial charge in [-0.2, -0.15) is 5.11 Å². The van der Waals surface area contributed by atoms with E-state index in [1.54, 1.807) is 24.3 Å². The second kappa shape index (κ2) is 6.77.